The van der Waals surface area contributed by atoms with Crippen molar-refractivity contribution in [3.8, 4) is 0 Å². The minimum atomic E-state index is -0.664. The molecular formula is C20H36N2O3. The first-order valence-electron chi connectivity index (χ1n) is 9.11. The van der Waals surface area contributed by atoms with Gasteiger partial charge in [-0.15, -0.1) is 0 Å². The van der Waals surface area contributed by atoms with Gasteiger partial charge in [0.2, 0.25) is 12.3 Å². The lowest BCUT2D eigenvalue weighted by Gasteiger charge is -2.30. The molecule has 0 bridgehead atoms. The summed E-state index contributed by atoms with van der Waals surface area (Å²) in [6.07, 6.45) is 7.36. The Kier molecular flexibility index (Phi) is 11.1. The number of rotatable bonds is 11. The monoisotopic (exact) mass is 352 g/mol. The van der Waals surface area contributed by atoms with E-state index in [-0.39, 0.29) is 18.1 Å². The van der Waals surface area contributed by atoms with E-state index in [1.807, 2.05) is 41.5 Å². The first-order valence-corrected chi connectivity index (χ1v) is 9.11. The Morgan fingerprint density at radius 3 is 2.32 bits per heavy atom. The molecule has 5 nitrogen and oxygen atoms in total. The standard InChI is InChI=1S/C20H36N2O3/c1-8-10-16(3)12-21-19(24)18(14-25-20(5,6)7)22(15-23)13-17(4)11-9-2/h11-12,15,18H,8-10,13-14H2,1-7H3,(H,21,24)/b16-12+,17-11+/t18-/m0/s1. The zero-order chi connectivity index (χ0) is 19.5. The van der Waals surface area contributed by atoms with Crippen LogP contribution < -0.4 is 5.32 Å². The van der Waals surface area contributed by atoms with Crippen molar-refractivity contribution < 1.29 is 14.3 Å². The summed E-state index contributed by atoms with van der Waals surface area (Å²) in [4.78, 5) is 25.8. The Balaban J connectivity index is 5.22. The van der Waals surface area contributed by atoms with Gasteiger partial charge in [-0.2, -0.15) is 0 Å². The molecule has 5 heteroatoms. The molecule has 0 rings (SSSR count). The number of nitrogens with zero attached hydrogens (tertiary/aromatic N) is 1. The van der Waals surface area contributed by atoms with Crippen molar-refractivity contribution in [2.24, 2.45) is 0 Å². The lowest BCUT2D eigenvalue weighted by atomic mass is 10.1. The second-order valence-electron chi connectivity index (χ2n) is 7.42. The summed E-state index contributed by atoms with van der Waals surface area (Å²) in [6.45, 7) is 14.5. The average Bonchev–Trinajstić information content (AvgIpc) is 2.51. The number of carbonyl (C=O) groups excluding carboxylic acids is 2. The van der Waals surface area contributed by atoms with Crippen LogP contribution in [0.5, 0.6) is 0 Å². The van der Waals surface area contributed by atoms with E-state index < -0.39 is 6.04 Å². The maximum Gasteiger partial charge on any atom is 0.249 e. The van der Waals surface area contributed by atoms with Crippen LogP contribution in [-0.4, -0.2) is 42.0 Å². The van der Waals surface area contributed by atoms with E-state index in [1.54, 1.807) is 6.20 Å². The van der Waals surface area contributed by atoms with Gasteiger partial charge in [0.05, 0.1) is 12.2 Å². The van der Waals surface area contributed by atoms with E-state index in [4.69, 9.17) is 4.74 Å². The number of carbonyl (C=O) groups is 2. The number of allylic oxidation sites excluding steroid dienone is 2. The number of hydrogen-bond donors (Lipinski definition) is 1. The molecule has 0 saturated heterocycles. The Labute approximate surface area is 153 Å². The quantitative estimate of drug-likeness (QED) is 0.454. The van der Waals surface area contributed by atoms with Gasteiger partial charge in [-0.1, -0.05) is 37.5 Å². The summed E-state index contributed by atoms with van der Waals surface area (Å²) in [5.41, 5.74) is 1.78. The fourth-order valence-corrected chi connectivity index (χ4v) is 2.33. The van der Waals surface area contributed by atoms with E-state index in [0.717, 1.165) is 36.8 Å². The highest BCUT2D eigenvalue weighted by molar-refractivity contribution is 5.84. The second kappa shape index (κ2) is 11.9. The van der Waals surface area contributed by atoms with Gasteiger partial charge in [0.25, 0.3) is 0 Å². The molecule has 144 valence electrons. The number of hydrogen-bond acceptors (Lipinski definition) is 3. The van der Waals surface area contributed by atoms with Crippen LogP contribution in [0.1, 0.15) is 67.7 Å². The molecular weight excluding hydrogens is 316 g/mol. The van der Waals surface area contributed by atoms with E-state index in [0.29, 0.717) is 6.54 Å². The number of nitrogens with one attached hydrogen (secondary N) is 1. The number of amides is 2. The molecule has 0 saturated carbocycles. The van der Waals surface area contributed by atoms with Crippen molar-refractivity contribution in [3.63, 3.8) is 0 Å². The predicted molar refractivity (Wildman–Crippen MR) is 103 cm³/mol. The molecule has 0 radical (unpaired) electrons. The molecule has 0 aromatic carbocycles. The molecule has 1 atom stereocenters. The van der Waals surface area contributed by atoms with Crippen molar-refractivity contribution in [3.05, 3.63) is 23.4 Å². The molecule has 2 amide bonds. The maximum atomic E-state index is 12.7. The van der Waals surface area contributed by atoms with Crippen LogP contribution in [0.15, 0.2) is 23.4 Å². The summed E-state index contributed by atoms with van der Waals surface area (Å²) in [5, 5.41) is 2.82. The first-order chi connectivity index (χ1) is 11.6. The minimum absolute atomic E-state index is 0.161. The molecule has 0 aliphatic carbocycles. The Morgan fingerprint density at radius 2 is 1.84 bits per heavy atom. The third-order valence-electron chi connectivity index (χ3n) is 3.60. The van der Waals surface area contributed by atoms with Crippen LogP contribution in [0, 0.1) is 0 Å². The normalized spacial score (nSPS) is 14.2. The van der Waals surface area contributed by atoms with E-state index in [9.17, 15) is 9.59 Å². The second-order valence-corrected chi connectivity index (χ2v) is 7.42. The summed E-state index contributed by atoms with van der Waals surface area (Å²) in [5.74, 6) is -0.226. The lowest BCUT2D eigenvalue weighted by Crippen LogP contribution is -2.49. The van der Waals surface area contributed by atoms with E-state index in [1.165, 1.54) is 4.90 Å². The maximum absolute atomic E-state index is 12.7. The van der Waals surface area contributed by atoms with Crippen molar-refractivity contribution in [2.45, 2.75) is 79.4 Å². The minimum Gasteiger partial charge on any atom is -0.373 e. The van der Waals surface area contributed by atoms with Gasteiger partial charge >= 0.3 is 0 Å². The highest BCUT2D eigenvalue weighted by atomic mass is 16.5. The molecule has 0 aliphatic heterocycles. The fourth-order valence-electron chi connectivity index (χ4n) is 2.33. The summed E-state index contributed by atoms with van der Waals surface area (Å²) < 4.78 is 5.79. The van der Waals surface area contributed by atoms with E-state index >= 15 is 0 Å². The molecule has 0 fully saturated rings. The predicted octanol–water partition coefficient (Wildman–Crippen LogP) is 3.80. The average molecular weight is 353 g/mol. The lowest BCUT2D eigenvalue weighted by molar-refractivity contribution is -0.137. The van der Waals surface area contributed by atoms with Gasteiger partial charge in [0, 0.05) is 12.7 Å². The molecule has 0 aromatic rings. The summed E-state index contributed by atoms with van der Waals surface area (Å²) in [7, 11) is 0. The molecule has 1 N–H and O–H groups in total. The Morgan fingerprint density at radius 1 is 1.20 bits per heavy atom. The van der Waals surface area contributed by atoms with Crippen LogP contribution in [0.2, 0.25) is 0 Å². The summed E-state index contributed by atoms with van der Waals surface area (Å²) in [6, 6.07) is -0.664. The molecule has 0 aliphatic rings. The van der Waals surface area contributed by atoms with Gasteiger partial charge in [0.1, 0.15) is 6.04 Å². The SMILES string of the molecule is CC/C=C(\C)CN(C=O)[C@@H](COC(C)(C)C)C(=O)N/C=C(\C)CCC. The van der Waals surface area contributed by atoms with Gasteiger partial charge in [-0.05, 0) is 47.5 Å². The largest absolute Gasteiger partial charge is 0.373 e. The molecule has 25 heavy (non-hydrogen) atoms. The van der Waals surface area contributed by atoms with Crippen LogP contribution in [0.4, 0.5) is 0 Å². The van der Waals surface area contributed by atoms with Crippen molar-refractivity contribution >= 4 is 12.3 Å². The molecule has 0 aromatic heterocycles. The third kappa shape index (κ3) is 10.8. The van der Waals surface area contributed by atoms with Gasteiger partial charge in [-0.25, -0.2) is 0 Å². The van der Waals surface area contributed by atoms with Crippen LogP contribution in [0.3, 0.4) is 0 Å². The van der Waals surface area contributed by atoms with Crippen molar-refractivity contribution in [2.75, 3.05) is 13.2 Å². The summed E-state index contributed by atoms with van der Waals surface area (Å²) >= 11 is 0. The molecule has 0 unspecified atom stereocenters. The Bertz CT molecular complexity index is 476. The topological polar surface area (TPSA) is 58.6 Å². The van der Waals surface area contributed by atoms with Crippen LogP contribution >= 0.6 is 0 Å². The van der Waals surface area contributed by atoms with E-state index in [2.05, 4.69) is 18.3 Å². The smallest absolute Gasteiger partial charge is 0.249 e. The molecule has 0 heterocycles. The van der Waals surface area contributed by atoms with Crippen LogP contribution in [0.25, 0.3) is 0 Å². The van der Waals surface area contributed by atoms with Gasteiger partial charge < -0.3 is 15.0 Å². The fraction of sp³-hybridized carbons (Fsp3) is 0.700. The van der Waals surface area contributed by atoms with Crippen molar-refractivity contribution in [1.82, 2.24) is 10.2 Å². The van der Waals surface area contributed by atoms with Gasteiger partial charge in [0.15, 0.2) is 0 Å². The highest BCUT2D eigenvalue weighted by Crippen LogP contribution is 2.11. The van der Waals surface area contributed by atoms with Crippen LogP contribution in [-0.2, 0) is 14.3 Å². The molecule has 0 spiro atoms. The highest BCUT2D eigenvalue weighted by Gasteiger charge is 2.27. The number of ether oxygens (including phenoxy) is 1. The first kappa shape index (κ1) is 23.4. The Hall–Kier alpha value is -1.62. The zero-order valence-electron chi connectivity index (χ0n) is 17.0. The van der Waals surface area contributed by atoms with Crippen molar-refractivity contribution in [1.29, 1.82) is 0 Å². The van der Waals surface area contributed by atoms with Gasteiger partial charge in [-0.3, -0.25) is 9.59 Å². The third-order valence-corrected chi connectivity index (χ3v) is 3.60. The zero-order valence-corrected chi connectivity index (χ0v) is 17.0.